The van der Waals surface area contributed by atoms with E-state index < -0.39 is 0 Å². The number of likely N-dealkylation sites (tertiary alicyclic amines) is 1. The lowest BCUT2D eigenvalue weighted by molar-refractivity contribution is -0.127. The third kappa shape index (κ3) is 4.17. The van der Waals surface area contributed by atoms with Gasteiger partial charge in [-0.25, -0.2) is 4.98 Å². The summed E-state index contributed by atoms with van der Waals surface area (Å²) in [6.07, 6.45) is 8.18. The number of pyridine rings is 1. The van der Waals surface area contributed by atoms with Crippen LogP contribution in [-0.4, -0.2) is 58.6 Å². The quantitative estimate of drug-likeness (QED) is 0.306. The Morgan fingerprint density at radius 3 is 2.64 bits per heavy atom. The number of aromatic amines is 1. The van der Waals surface area contributed by atoms with Crippen LogP contribution >= 0.6 is 11.6 Å². The van der Waals surface area contributed by atoms with Crippen molar-refractivity contribution in [2.45, 2.75) is 32.7 Å². The number of carbonyl (C=O) groups excluding carboxylic acids is 1. The van der Waals surface area contributed by atoms with Gasteiger partial charge in [0.25, 0.3) is 0 Å². The molecule has 0 saturated carbocycles. The average Bonchev–Trinajstić information content (AvgIpc) is 3.68. The zero-order valence-corrected chi connectivity index (χ0v) is 22.5. The molecule has 0 spiro atoms. The van der Waals surface area contributed by atoms with Gasteiger partial charge < -0.3 is 10.6 Å². The molecule has 0 atom stereocenters. The standard InChI is InChI=1S/C28H28ClN9O/c1-4-24(39)36-11-8-19(9-12-36)37-17(3)25(26-20-15-32-34-21(20)13-16(2)27(26)29)28(35-37)18-5-6-23(31-14-18)38-22(30)7-10-33-38/h4-7,10,13-15,19H,1,8-9,11-12,30H2,2-3H3,(H,32,34). The molecule has 1 saturated heterocycles. The van der Waals surface area contributed by atoms with Crippen molar-refractivity contribution in [2.24, 2.45) is 0 Å². The summed E-state index contributed by atoms with van der Waals surface area (Å²) in [5.74, 6) is 1.08. The average molecular weight is 542 g/mol. The number of benzene rings is 1. The minimum atomic E-state index is -0.0371. The molecule has 6 rings (SSSR count). The van der Waals surface area contributed by atoms with E-state index in [-0.39, 0.29) is 11.9 Å². The number of rotatable bonds is 5. The Morgan fingerprint density at radius 2 is 1.97 bits per heavy atom. The first-order valence-corrected chi connectivity index (χ1v) is 13.1. The van der Waals surface area contributed by atoms with Crippen molar-refractivity contribution in [3.05, 3.63) is 71.8 Å². The van der Waals surface area contributed by atoms with Crippen molar-refractivity contribution in [1.29, 1.82) is 0 Å². The van der Waals surface area contributed by atoms with Crippen molar-refractivity contribution in [3.63, 3.8) is 0 Å². The van der Waals surface area contributed by atoms with Gasteiger partial charge in [0.05, 0.1) is 29.0 Å². The van der Waals surface area contributed by atoms with E-state index in [0.717, 1.165) is 57.4 Å². The zero-order chi connectivity index (χ0) is 27.3. The molecule has 0 aliphatic carbocycles. The second kappa shape index (κ2) is 9.70. The maximum Gasteiger partial charge on any atom is 0.245 e. The van der Waals surface area contributed by atoms with E-state index in [4.69, 9.17) is 22.4 Å². The van der Waals surface area contributed by atoms with E-state index in [1.807, 2.05) is 30.0 Å². The first-order chi connectivity index (χ1) is 18.9. The van der Waals surface area contributed by atoms with Gasteiger partial charge in [-0.3, -0.25) is 14.6 Å². The van der Waals surface area contributed by atoms with Crippen LogP contribution in [0, 0.1) is 13.8 Å². The van der Waals surface area contributed by atoms with Crippen molar-refractivity contribution < 1.29 is 4.79 Å². The van der Waals surface area contributed by atoms with E-state index >= 15 is 0 Å². The minimum Gasteiger partial charge on any atom is -0.384 e. The molecular weight excluding hydrogens is 514 g/mol. The summed E-state index contributed by atoms with van der Waals surface area (Å²) in [6.45, 7) is 8.99. The molecule has 10 nitrogen and oxygen atoms in total. The highest BCUT2D eigenvalue weighted by Crippen LogP contribution is 2.44. The summed E-state index contributed by atoms with van der Waals surface area (Å²) in [5.41, 5.74) is 12.3. The summed E-state index contributed by atoms with van der Waals surface area (Å²) in [6, 6.07) is 7.71. The van der Waals surface area contributed by atoms with E-state index in [9.17, 15) is 4.79 Å². The number of hydrogen-bond acceptors (Lipinski definition) is 6. The van der Waals surface area contributed by atoms with Gasteiger partial charge in [-0.15, -0.1) is 0 Å². The highest BCUT2D eigenvalue weighted by molar-refractivity contribution is 6.36. The van der Waals surface area contributed by atoms with E-state index in [2.05, 4.69) is 38.5 Å². The number of carbonyl (C=O) groups is 1. The molecule has 198 valence electrons. The summed E-state index contributed by atoms with van der Waals surface area (Å²) in [7, 11) is 0. The Morgan fingerprint density at radius 1 is 1.18 bits per heavy atom. The molecule has 5 aromatic rings. The normalized spacial score (nSPS) is 14.3. The number of nitrogen functional groups attached to an aromatic ring is 1. The van der Waals surface area contributed by atoms with Gasteiger partial charge >= 0.3 is 0 Å². The number of aryl methyl sites for hydroxylation is 1. The highest BCUT2D eigenvalue weighted by atomic mass is 35.5. The largest absolute Gasteiger partial charge is 0.384 e. The molecule has 3 N–H and O–H groups in total. The molecule has 39 heavy (non-hydrogen) atoms. The van der Waals surface area contributed by atoms with Gasteiger partial charge in [0.15, 0.2) is 5.82 Å². The van der Waals surface area contributed by atoms with Crippen LogP contribution in [0.3, 0.4) is 0 Å². The molecule has 0 radical (unpaired) electrons. The fourth-order valence-corrected chi connectivity index (χ4v) is 5.69. The molecular formula is C28H28ClN9O. The molecule has 1 aliphatic rings. The number of hydrogen-bond donors (Lipinski definition) is 2. The Hall–Kier alpha value is -4.44. The van der Waals surface area contributed by atoms with E-state index in [1.165, 1.54) is 6.08 Å². The molecule has 1 amide bonds. The number of anilines is 1. The molecule has 4 aromatic heterocycles. The summed E-state index contributed by atoms with van der Waals surface area (Å²) in [4.78, 5) is 18.6. The number of H-pyrrole nitrogens is 1. The van der Waals surface area contributed by atoms with Gasteiger partial charge in [-0.2, -0.15) is 20.0 Å². The Balaban J connectivity index is 1.50. The van der Waals surface area contributed by atoms with Crippen LogP contribution < -0.4 is 5.73 Å². The van der Waals surface area contributed by atoms with Crippen LogP contribution in [0.25, 0.3) is 39.1 Å². The van der Waals surface area contributed by atoms with Crippen LogP contribution in [0.4, 0.5) is 5.82 Å². The Labute approximate surface area is 230 Å². The smallest absolute Gasteiger partial charge is 0.245 e. The predicted molar refractivity (Wildman–Crippen MR) is 152 cm³/mol. The lowest BCUT2D eigenvalue weighted by Crippen LogP contribution is -2.38. The predicted octanol–water partition coefficient (Wildman–Crippen LogP) is 4.88. The summed E-state index contributed by atoms with van der Waals surface area (Å²) < 4.78 is 3.67. The van der Waals surface area contributed by atoms with E-state index in [0.29, 0.717) is 29.7 Å². The van der Waals surface area contributed by atoms with Gasteiger partial charge in [-0.05, 0) is 56.5 Å². The number of nitrogens with two attached hydrogens (primary N) is 1. The second-order valence-corrected chi connectivity index (χ2v) is 10.2. The minimum absolute atomic E-state index is 0.0371. The first kappa shape index (κ1) is 24.9. The molecule has 1 aromatic carbocycles. The van der Waals surface area contributed by atoms with Crippen molar-refractivity contribution >= 4 is 34.2 Å². The van der Waals surface area contributed by atoms with Crippen LogP contribution in [0.2, 0.25) is 5.02 Å². The van der Waals surface area contributed by atoms with Crippen LogP contribution in [0.1, 0.15) is 30.1 Å². The molecule has 0 unspecified atom stereocenters. The zero-order valence-electron chi connectivity index (χ0n) is 21.7. The van der Waals surface area contributed by atoms with Crippen molar-refractivity contribution in [3.8, 4) is 28.2 Å². The lowest BCUT2D eigenvalue weighted by Gasteiger charge is -2.32. The Kier molecular flexibility index (Phi) is 6.19. The van der Waals surface area contributed by atoms with Crippen molar-refractivity contribution in [2.75, 3.05) is 18.8 Å². The number of piperidine rings is 1. The van der Waals surface area contributed by atoms with Crippen LogP contribution in [0.15, 0.2) is 55.5 Å². The molecule has 11 heteroatoms. The maximum absolute atomic E-state index is 12.1. The van der Waals surface area contributed by atoms with Gasteiger partial charge in [0.2, 0.25) is 5.91 Å². The monoisotopic (exact) mass is 541 g/mol. The lowest BCUT2D eigenvalue weighted by atomic mass is 9.95. The van der Waals surface area contributed by atoms with Crippen LogP contribution in [0.5, 0.6) is 0 Å². The Bertz CT molecular complexity index is 1710. The topological polar surface area (TPSA) is 124 Å². The third-order valence-corrected chi connectivity index (χ3v) is 7.96. The van der Waals surface area contributed by atoms with Crippen molar-refractivity contribution in [1.82, 2.24) is 39.6 Å². The van der Waals surface area contributed by atoms with Gasteiger partial charge in [0.1, 0.15) is 11.5 Å². The molecule has 1 fully saturated rings. The maximum atomic E-state index is 12.1. The fraction of sp³-hybridized carbons (Fsp3) is 0.250. The molecule has 0 bridgehead atoms. The number of halogens is 1. The van der Waals surface area contributed by atoms with Gasteiger partial charge in [-0.1, -0.05) is 18.2 Å². The third-order valence-electron chi connectivity index (χ3n) is 7.47. The number of aromatic nitrogens is 7. The summed E-state index contributed by atoms with van der Waals surface area (Å²) >= 11 is 7.00. The first-order valence-electron chi connectivity index (χ1n) is 12.8. The van der Waals surface area contributed by atoms with Gasteiger partial charge in [0, 0.05) is 53.1 Å². The van der Waals surface area contributed by atoms with E-state index in [1.54, 1.807) is 29.3 Å². The second-order valence-electron chi connectivity index (χ2n) is 9.80. The highest BCUT2D eigenvalue weighted by Gasteiger charge is 2.29. The summed E-state index contributed by atoms with van der Waals surface area (Å²) in [5, 5.41) is 18.4. The molecule has 5 heterocycles. The van der Waals surface area contributed by atoms with Crippen LogP contribution in [-0.2, 0) is 4.79 Å². The number of fused-ring (bicyclic) bond motifs is 1. The SMILES string of the molecule is C=CC(=O)N1CCC(n2nc(-c3ccc(-n4nccc4N)nc3)c(-c3c(Cl)c(C)cc4[nH]ncc34)c2C)CC1. The number of nitrogens with one attached hydrogen (secondary N) is 1. The number of amides is 1. The molecule has 1 aliphatic heterocycles. The number of nitrogens with zero attached hydrogens (tertiary/aromatic N) is 7. The fourth-order valence-electron chi connectivity index (χ4n) is 5.44.